The second kappa shape index (κ2) is 11.9. The maximum Gasteiger partial charge on any atom is 0.162 e. The Hall–Kier alpha value is -1.12. The van der Waals surface area contributed by atoms with Crippen LogP contribution in [0.4, 0.5) is 0 Å². The fourth-order valence-electron chi connectivity index (χ4n) is 4.47. The number of fused-ring (bicyclic) bond motifs is 1. The third-order valence-corrected chi connectivity index (χ3v) is 6.61. The van der Waals surface area contributed by atoms with Crippen LogP contribution < -0.4 is 0 Å². The van der Waals surface area contributed by atoms with Crippen molar-refractivity contribution < 1.29 is 14.2 Å². The van der Waals surface area contributed by atoms with Crippen molar-refractivity contribution in [2.45, 2.75) is 65.6 Å². The van der Waals surface area contributed by atoms with E-state index >= 15 is 0 Å². The molecule has 1 aliphatic heterocycles. The summed E-state index contributed by atoms with van der Waals surface area (Å²) in [6.07, 6.45) is 9.96. The number of hydrogen-bond acceptors (Lipinski definition) is 4. The number of allylic oxidation sites excluding steroid dienone is 2. The molecule has 0 aromatic heterocycles. The summed E-state index contributed by atoms with van der Waals surface area (Å²) in [4.78, 5) is 0. The van der Waals surface area contributed by atoms with Gasteiger partial charge in [0.05, 0.1) is 32.0 Å². The molecule has 2 aliphatic rings. The third-order valence-electron chi connectivity index (χ3n) is 6.19. The van der Waals surface area contributed by atoms with E-state index in [1.54, 1.807) is 5.57 Å². The standard InChI is InChI=1S/C24H36ClNO3/c1-5-27-13-14-28-20(16-26)7-6-8-22-23-21(19(3)17-29-22)10-12-24(23,4)11-9-18(2)15-25/h6-7,9,20,22-23H,5,8,10-15,17H2,1-4H3/b7-6+,18-9-/t20?,22-,23+,24-/m1/s1. The molecule has 1 saturated carbocycles. The Morgan fingerprint density at radius 3 is 2.93 bits per heavy atom. The van der Waals surface area contributed by atoms with Gasteiger partial charge in [-0.3, -0.25) is 0 Å². The topological polar surface area (TPSA) is 51.5 Å². The summed E-state index contributed by atoms with van der Waals surface area (Å²) in [7, 11) is 0. The van der Waals surface area contributed by atoms with Crippen LogP contribution in [0.25, 0.3) is 0 Å². The van der Waals surface area contributed by atoms with Gasteiger partial charge in [0.25, 0.3) is 0 Å². The minimum Gasteiger partial charge on any atom is -0.379 e. The third kappa shape index (κ3) is 6.69. The Balaban J connectivity index is 2.03. The minimum atomic E-state index is -0.542. The van der Waals surface area contributed by atoms with E-state index in [1.807, 2.05) is 13.0 Å². The molecule has 0 saturated heterocycles. The molecule has 0 bridgehead atoms. The molecule has 0 aromatic rings. The second-order valence-electron chi connectivity index (χ2n) is 8.46. The molecule has 1 unspecified atom stereocenters. The molecule has 29 heavy (non-hydrogen) atoms. The van der Waals surface area contributed by atoms with E-state index in [2.05, 4.69) is 39.0 Å². The van der Waals surface area contributed by atoms with Crippen LogP contribution in [0, 0.1) is 22.7 Å². The van der Waals surface area contributed by atoms with E-state index in [4.69, 9.17) is 25.8 Å². The number of nitrogens with zero attached hydrogens (tertiary/aromatic N) is 1. The highest BCUT2D eigenvalue weighted by Crippen LogP contribution is 2.54. The molecule has 4 atom stereocenters. The van der Waals surface area contributed by atoms with Crippen molar-refractivity contribution in [3.8, 4) is 6.07 Å². The van der Waals surface area contributed by atoms with Crippen molar-refractivity contribution in [3.63, 3.8) is 0 Å². The first kappa shape index (κ1) is 24.2. The summed E-state index contributed by atoms with van der Waals surface area (Å²) < 4.78 is 17.1. The first-order chi connectivity index (χ1) is 13.9. The van der Waals surface area contributed by atoms with Gasteiger partial charge in [0, 0.05) is 18.4 Å². The Labute approximate surface area is 181 Å². The monoisotopic (exact) mass is 421 g/mol. The van der Waals surface area contributed by atoms with Gasteiger partial charge < -0.3 is 14.2 Å². The van der Waals surface area contributed by atoms with Crippen LogP contribution in [0.2, 0.25) is 0 Å². The molecule has 2 rings (SSSR count). The molecule has 0 radical (unpaired) electrons. The van der Waals surface area contributed by atoms with Gasteiger partial charge in [-0.25, -0.2) is 0 Å². The molecule has 1 heterocycles. The zero-order chi connectivity index (χ0) is 21.3. The van der Waals surface area contributed by atoms with Crippen LogP contribution in [0.5, 0.6) is 0 Å². The fourth-order valence-corrected chi connectivity index (χ4v) is 4.58. The highest BCUT2D eigenvalue weighted by Gasteiger charge is 2.47. The van der Waals surface area contributed by atoms with Crippen LogP contribution in [0.1, 0.15) is 53.4 Å². The molecule has 4 nitrogen and oxygen atoms in total. The SMILES string of the molecule is CCOCCOC(C#N)/C=C/C[C@H]1OCC(C)=C2CC[C@@](C)(C/C=C(/C)CCl)[C@@H]21. The molecule has 5 heteroatoms. The smallest absolute Gasteiger partial charge is 0.162 e. The number of hydrogen-bond donors (Lipinski definition) is 0. The largest absolute Gasteiger partial charge is 0.379 e. The van der Waals surface area contributed by atoms with Crippen molar-refractivity contribution in [2.75, 3.05) is 32.3 Å². The molecule has 0 N–H and O–H groups in total. The lowest BCUT2D eigenvalue weighted by molar-refractivity contribution is -0.00967. The predicted molar refractivity (Wildman–Crippen MR) is 118 cm³/mol. The van der Waals surface area contributed by atoms with Gasteiger partial charge in [-0.05, 0) is 63.5 Å². The van der Waals surface area contributed by atoms with Crippen LogP contribution in [0.3, 0.4) is 0 Å². The second-order valence-corrected chi connectivity index (χ2v) is 8.72. The number of ether oxygens (including phenoxy) is 3. The highest BCUT2D eigenvalue weighted by molar-refractivity contribution is 6.19. The number of halogens is 1. The van der Waals surface area contributed by atoms with E-state index in [9.17, 15) is 5.26 Å². The van der Waals surface area contributed by atoms with Crippen molar-refractivity contribution in [1.82, 2.24) is 0 Å². The summed E-state index contributed by atoms with van der Waals surface area (Å²) >= 11 is 5.98. The average Bonchev–Trinajstić information content (AvgIpc) is 3.08. The molecule has 1 fully saturated rings. The Bertz CT molecular complexity index is 664. The van der Waals surface area contributed by atoms with Crippen LogP contribution in [-0.2, 0) is 14.2 Å². The summed E-state index contributed by atoms with van der Waals surface area (Å²) in [5.74, 6) is 1.00. The van der Waals surface area contributed by atoms with Gasteiger partial charge in [0.15, 0.2) is 6.10 Å². The molecule has 0 amide bonds. The quantitative estimate of drug-likeness (QED) is 0.248. The minimum absolute atomic E-state index is 0.143. The molecule has 1 aliphatic carbocycles. The number of nitriles is 1. The van der Waals surface area contributed by atoms with Crippen molar-refractivity contribution in [1.29, 1.82) is 5.26 Å². The van der Waals surface area contributed by atoms with E-state index in [-0.39, 0.29) is 11.5 Å². The maximum atomic E-state index is 9.31. The van der Waals surface area contributed by atoms with Crippen molar-refractivity contribution in [2.24, 2.45) is 11.3 Å². The fraction of sp³-hybridized carbons (Fsp3) is 0.708. The van der Waals surface area contributed by atoms with Gasteiger partial charge in [0.1, 0.15) is 0 Å². The zero-order valence-electron chi connectivity index (χ0n) is 18.4. The van der Waals surface area contributed by atoms with E-state index in [0.717, 1.165) is 19.3 Å². The van der Waals surface area contributed by atoms with Crippen LogP contribution in [-0.4, -0.2) is 44.5 Å². The van der Waals surface area contributed by atoms with Gasteiger partial charge in [-0.2, -0.15) is 5.26 Å². The summed E-state index contributed by atoms with van der Waals surface area (Å²) in [5.41, 5.74) is 4.40. The summed E-state index contributed by atoms with van der Waals surface area (Å²) in [5, 5.41) is 9.31. The maximum absolute atomic E-state index is 9.31. The van der Waals surface area contributed by atoms with Gasteiger partial charge in [0.2, 0.25) is 0 Å². The molecular formula is C24H36ClNO3. The van der Waals surface area contributed by atoms with Crippen molar-refractivity contribution >= 4 is 11.6 Å². The molecule has 0 spiro atoms. The predicted octanol–water partition coefficient (Wildman–Crippen LogP) is 5.58. The lowest BCUT2D eigenvalue weighted by atomic mass is 9.71. The number of rotatable bonds is 11. The molecule has 0 aromatic carbocycles. The highest BCUT2D eigenvalue weighted by atomic mass is 35.5. The number of alkyl halides is 1. The summed E-state index contributed by atoms with van der Waals surface area (Å²) in [6, 6.07) is 2.19. The van der Waals surface area contributed by atoms with E-state index < -0.39 is 6.10 Å². The van der Waals surface area contributed by atoms with Crippen LogP contribution >= 0.6 is 11.6 Å². The Morgan fingerprint density at radius 2 is 2.24 bits per heavy atom. The van der Waals surface area contributed by atoms with Gasteiger partial charge >= 0.3 is 0 Å². The summed E-state index contributed by atoms with van der Waals surface area (Å²) in [6.45, 7) is 10.9. The molecular weight excluding hydrogens is 386 g/mol. The van der Waals surface area contributed by atoms with Gasteiger partial charge in [-0.15, -0.1) is 11.6 Å². The Morgan fingerprint density at radius 1 is 1.45 bits per heavy atom. The van der Waals surface area contributed by atoms with Crippen molar-refractivity contribution in [3.05, 3.63) is 34.9 Å². The van der Waals surface area contributed by atoms with Gasteiger partial charge in [-0.1, -0.05) is 30.2 Å². The first-order valence-electron chi connectivity index (χ1n) is 10.7. The Kier molecular flexibility index (Phi) is 9.92. The molecule has 162 valence electrons. The lowest BCUT2D eigenvalue weighted by Gasteiger charge is -2.40. The van der Waals surface area contributed by atoms with Crippen LogP contribution in [0.15, 0.2) is 34.9 Å². The van der Waals surface area contributed by atoms with E-state index in [0.29, 0.717) is 38.2 Å². The normalized spacial score (nSPS) is 28.6. The van der Waals surface area contributed by atoms with E-state index in [1.165, 1.54) is 17.6 Å². The lowest BCUT2D eigenvalue weighted by Crippen LogP contribution is -2.38. The zero-order valence-corrected chi connectivity index (χ0v) is 19.1. The first-order valence-corrected chi connectivity index (χ1v) is 11.3. The average molecular weight is 422 g/mol.